The maximum absolute atomic E-state index is 12.7. The van der Waals surface area contributed by atoms with Crippen molar-refractivity contribution in [1.82, 2.24) is 9.62 Å². The second kappa shape index (κ2) is 5.73. The number of thiophene rings is 1. The molecule has 108 valence electrons. The Morgan fingerprint density at radius 2 is 2.21 bits per heavy atom. The van der Waals surface area contributed by atoms with Crippen LogP contribution in [0.25, 0.3) is 0 Å². The first-order valence-corrected chi connectivity index (χ1v) is 9.52. The van der Waals surface area contributed by atoms with E-state index < -0.39 is 10.0 Å². The van der Waals surface area contributed by atoms with E-state index in [1.165, 1.54) is 11.3 Å². The molecule has 0 unspecified atom stereocenters. The van der Waals surface area contributed by atoms with Gasteiger partial charge in [0, 0.05) is 35.0 Å². The molecule has 1 aliphatic heterocycles. The Kier molecular flexibility index (Phi) is 4.62. The van der Waals surface area contributed by atoms with E-state index in [0.717, 1.165) is 10.6 Å². The van der Waals surface area contributed by atoms with Crippen LogP contribution >= 0.6 is 23.1 Å². The van der Waals surface area contributed by atoms with Gasteiger partial charge in [-0.1, -0.05) is 0 Å². The summed E-state index contributed by atoms with van der Waals surface area (Å²) in [6, 6.07) is 1.72. The van der Waals surface area contributed by atoms with E-state index in [1.54, 1.807) is 10.4 Å². The topological polar surface area (TPSA) is 49.4 Å². The van der Waals surface area contributed by atoms with Gasteiger partial charge < -0.3 is 5.32 Å². The van der Waals surface area contributed by atoms with Gasteiger partial charge in [-0.25, -0.2) is 8.42 Å². The average Bonchev–Trinajstić information content (AvgIpc) is 2.77. The molecule has 2 rings (SSSR count). The zero-order chi connectivity index (χ0) is 14.1. The molecule has 1 aromatic rings. The van der Waals surface area contributed by atoms with Gasteiger partial charge in [0.15, 0.2) is 0 Å². The smallest absolute Gasteiger partial charge is 0.244 e. The number of nitrogens with zero attached hydrogens (tertiary/aromatic N) is 1. The number of hydrogen-bond donors (Lipinski definition) is 1. The van der Waals surface area contributed by atoms with Crippen molar-refractivity contribution >= 4 is 33.1 Å². The zero-order valence-electron chi connectivity index (χ0n) is 11.5. The maximum Gasteiger partial charge on any atom is 0.244 e. The van der Waals surface area contributed by atoms with Gasteiger partial charge in [-0.3, -0.25) is 0 Å². The number of thioether (sulfide) groups is 1. The SMILES string of the molecule is CNCc1sccc1S(=O)(=O)N1CCSC(C)(C)C1. The van der Waals surface area contributed by atoms with Gasteiger partial charge in [0.25, 0.3) is 0 Å². The molecule has 0 aliphatic carbocycles. The molecule has 19 heavy (non-hydrogen) atoms. The van der Waals surface area contributed by atoms with Crippen LogP contribution in [-0.4, -0.2) is 43.4 Å². The Morgan fingerprint density at radius 3 is 2.84 bits per heavy atom. The summed E-state index contributed by atoms with van der Waals surface area (Å²) >= 11 is 3.33. The summed E-state index contributed by atoms with van der Waals surface area (Å²) in [6.07, 6.45) is 0. The molecule has 1 aliphatic rings. The minimum Gasteiger partial charge on any atom is -0.315 e. The Bertz CT molecular complexity index is 537. The molecule has 4 nitrogen and oxygen atoms in total. The fourth-order valence-electron chi connectivity index (χ4n) is 2.17. The van der Waals surface area contributed by atoms with Crippen molar-refractivity contribution in [2.75, 3.05) is 25.9 Å². The highest BCUT2D eigenvalue weighted by Gasteiger charge is 2.35. The van der Waals surface area contributed by atoms with Crippen molar-refractivity contribution < 1.29 is 8.42 Å². The quantitative estimate of drug-likeness (QED) is 0.922. The van der Waals surface area contributed by atoms with Crippen LogP contribution in [0.5, 0.6) is 0 Å². The summed E-state index contributed by atoms with van der Waals surface area (Å²) in [5, 5.41) is 4.88. The van der Waals surface area contributed by atoms with E-state index in [2.05, 4.69) is 19.2 Å². The Morgan fingerprint density at radius 1 is 1.47 bits per heavy atom. The molecule has 0 saturated carbocycles. The van der Waals surface area contributed by atoms with Crippen molar-refractivity contribution in [1.29, 1.82) is 0 Å². The van der Waals surface area contributed by atoms with Crippen molar-refractivity contribution in [2.24, 2.45) is 0 Å². The summed E-state index contributed by atoms with van der Waals surface area (Å²) in [4.78, 5) is 1.35. The summed E-state index contributed by atoms with van der Waals surface area (Å²) in [5.74, 6) is 0.859. The lowest BCUT2D eigenvalue weighted by Gasteiger charge is -2.36. The van der Waals surface area contributed by atoms with Crippen LogP contribution < -0.4 is 5.32 Å². The minimum atomic E-state index is -3.35. The lowest BCUT2D eigenvalue weighted by molar-refractivity contribution is 0.387. The van der Waals surface area contributed by atoms with Crippen LogP contribution in [-0.2, 0) is 16.6 Å². The second-order valence-corrected chi connectivity index (χ2v) is 9.89. The Labute approximate surface area is 123 Å². The van der Waals surface area contributed by atoms with Gasteiger partial charge in [-0.2, -0.15) is 16.1 Å². The highest BCUT2D eigenvalue weighted by atomic mass is 32.2. The van der Waals surface area contributed by atoms with E-state index in [9.17, 15) is 8.42 Å². The highest BCUT2D eigenvalue weighted by molar-refractivity contribution is 8.00. The minimum absolute atomic E-state index is 0.00941. The van der Waals surface area contributed by atoms with Gasteiger partial charge in [0.05, 0.1) is 4.90 Å². The summed E-state index contributed by atoms with van der Waals surface area (Å²) < 4.78 is 27.1. The van der Waals surface area contributed by atoms with Gasteiger partial charge in [-0.15, -0.1) is 11.3 Å². The lowest BCUT2D eigenvalue weighted by atomic mass is 10.2. The van der Waals surface area contributed by atoms with Crippen LogP contribution in [0.4, 0.5) is 0 Å². The molecule has 1 fully saturated rings. The summed E-state index contributed by atoms with van der Waals surface area (Å²) in [6.45, 7) is 5.97. The molecule has 0 spiro atoms. The van der Waals surface area contributed by atoms with E-state index in [1.807, 2.05) is 24.2 Å². The molecule has 0 radical (unpaired) electrons. The molecule has 0 atom stereocenters. The monoisotopic (exact) mass is 320 g/mol. The average molecular weight is 321 g/mol. The first kappa shape index (κ1) is 15.3. The van der Waals surface area contributed by atoms with E-state index in [0.29, 0.717) is 24.5 Å². The molecule has 0 amide bonds. The number of nitrogens with one attached hydrogen (secondary N) is 1. The zero-order valence-corrected chi connectivity index (χ0v) is 13.9. The third kappa shape index (κ3) is 3.33. The van der Waals surface area contributed by atoms with Crippen molar-refractivity contribution in [3.05, 3.63) is 16.3 Å². The maximum atomic E-state index is 12.7. The third-order valence-electron chi connectivity index (χ3n) is 3.05. The molecule has 0 aromatic carbocycles. The molecule has 1 aromatic heterocycles. The lowest BCUT2D eigenvalue weighted by Crippen LogP contribution is -2.46. The normalized spacial score (nSPS) is 20.6. The van der Waals surface area contributed by atoms with E-state index in [4.69, 9.17) is 0 Å². The van der Waals surface area contributed by atoms with Crippen LogP contribution in [0.15, 0.2) is 16.3 Å². The number of sulfonamides is 1. The van der Waals surface area contributed by atoms with Crippen LogP contribution in [0.2, 0.25) is 0 Å². The van der Waals surface area contributed by atoms with E-state index in [-0.39, 0.29) is 4.75 Å². The summed E-state index contributed by atoms with van der Waals surface area (Å²) in [7, 11) is -1.52. The predicted octanol–water partition coefficient (Wildman–Crippen LogP) is 1.98. The first-order chi connectivity index (χ1) is 8.87. The summed E-state index contributed by atoms with van der Waals surface area (Å²) in [5.41, 5.74) is 0. The molecular formula is C12H20N2O2S3. The van der Waals surface area contributed by atoms with Crippen molar-refractivity contribution in [3.8, 4) is 0 Å². The first-order valence-electron chi connectivity index (χ1n) is 6.22. The van der Waals surface area contributed by atoms with Crippen LogP contribution in [0.1, 0.15) is 18.7 Å². The molecule has 2 heterocycles. The Hall–Kier alpha value is -0.0800. The van der Waals surface area contributed by atoms with Crippen molar-refractivity contribution in [2.45, 2.75) is 30.0 Å². The van der Waals surface area contributed by atoms with Crippen molar-refractivity contribution in [3.63, 3.8) is 0 Å². The standard InChI is InChI=1S/C12H20N2O2S3/c1-12(2)9-14(5-7-18-12)19(15,16)11-4-6-17-10(11)8-13-3/h4,6,13H,5,7-9H2,1-3H3. The van der Waals surface area contributed by atoms with Gasteiger partial charge in [0.2, 0.25) is 10.0 Å². The number of hydrogen-bond acceptors (Lipinski definition) is 5. The van der Waals surface area contributed by atoms with Crippen LogP contribution in [0, 0.1) is 0 Å². The van der Waals surface area contributed by atoms with Crippen LogP contribution in [0.3, 0.4) is 0 Å². The molecule has 7 heteroatoms. The van der Waals surface area contributed by atoms with Gasteiger partial charge in [0.1, 0.15) is 0 Å². The third-order valence-corrected chi connectivity index (χ3v) is 7.33. The highest BCUT2D eigenvalue weighted by Crippen LogP contribution is 2.34. The predicted molar refractivity (Wildman–Crippen MR) is 82.4 cm³/mol. The molecular weight excluding hydrogens is 300 g/mol. The Balaban J connectivity index is 2.29. The molecule has 1 saturated heterocycles. The largest absolute Gasteiger partial charge is 0.315 e. The van der Waals surface area contributed by atoms with Gasteiger partial charge >= 0.3 is 0 Å². The molecule has 0 bridgehead atoms. The van der Waals surface area contributed by atoms with E-state index >= 15 is 0 Å². The fraction of sp³-hybridized carbons (Fsp3) is 0.667. The molecule has 1 N–H and O–H groups in total. The van der Waals surface area contributed by atoms with Gasteiger partial charge in [-0.05, 0) is 32.3 Å². The fourth-order valence-corrected chi connectivity index (χ4v) is 6.50. The number of rotatable bonds is 4. The second-order valence-electron chi connectivity index (χ2n) is 5.19.